The van der Waals surface area contributed by atoms with E-state index in [-0.39, 0.29) is 5.41 Å². The Kier molecular flexibility index (Phi) is 9.06. The van der Waals surface area contributed by atoms with Crippen molar-refractivity contribution in [2.45, 2.75) is 126 Å². The number of fused-ring (bicyclic) bond motifs is 5. The molecule has 2 saturated carbocycles. The van der Waals surface area contributed by atoms with Crippen molar-refractivity contribution in [2.75, 3.05) is 7.05 Å². The van der Waals surface area contributed by atoms with Crippen LogP contribution in [0.25, 0.3) is 0 Å². The van der Waals surface area contributed by atoms with Crippen LogP contribution in [-0.4, -0.2) is 17.9 Å². The molecule has 8 atom stereocenters. The van der Waals surface area contributed by atoms with Crippen LogP contribution in [0.5, 0.6) is 0 Å². The fraction of sp³-hybridized carbons (Fsp3) is 0.906. The van der Waals surface area contributed by atoms with Crippen molar-refractivity contribution in [3.05, 3.63) is 11.8 Å². The number of hydrogen-bond donors (Lipinski definition) is 0. The maximum absolute atomic E-state index is 12.6. The normalized spacial score (nSPS) is 40.1. The average molecular weight is 472 g/mol. The lowest BCUT2D eigenvalue weighted by molar-refractivity contribution is -0.137. The van der Waals surface area contributed by atoms with Crippen LogP contribution in [0.15, 0.2) is 11.8 Å². The van der Waals surface area contributed by atoms with Gasteiger partial charge in [-0.3, -0.25) is 4.79 Å². The minimum absolute atomic E-state index is 0.208. The highest BCUT2D eigenvalue weighted by Crippen LogP contribution is 2.68. The van der Waals surface area contributed by atoms with Crippen molar-refractivity contribution in [3.8, 4) is 0 Å². The van der Waals surface area contributed by atoms with Gasteiger partial charge in [-0.15, -0.1) is 0 Å². The van der Waals surface area contributed by atoms with Gasteiger partial charge < -0.3 is 4.90 Å². The van der Waals surface area contributed by atoms with Crippen molar-refractivity contribution in [3.63, 3.8) is 0 Å². The van der Waals surface area contributed by atoms with E-state index in [1.54, 1.807) is 0 Å². The van der Waals surface area contributed by atoms with Gasteiger partial charge in [0.25, 0.3) is 0 Å². The van der Waals surface area contributed by atoms with E-state index in [0.717, 1.165) is 48.3 Å². The molecule has 4 rings (SSSR count). The Labute approximate surface area is 212 Å². The Morgan fingerprint density at radius 1 is 1.03 bits per heavy atom. The first-order valence-corrected chi connectivity index (χ1v) is 15.1. The lowest BCUT2D eigenvalue weighted by atomic mass is 9.46. The van der Waals surface area contributed by atoms with E-state index in [2.05, 4.69) is 47.6 Å². The van der Waals surface area contributed by atoms with Crippen LogP contribution >= 0.6 is 0 Å². The molecule has 0 aromatic heterocycles. The maximum atomic E-state index is 12.6. The van der Waals surface area contributed by atoms with Gasteiger partial charge in [0.2, 0.25) is 5.91 Å². The fourth-order valence-corrected chi connectivity index (χ4v) is 9.34. The topological polar surface area (TPSA) is 20.3 Å². The minimum atomic E-state index is 0.208. The average Bonchev–Trinajstić information content (AvgIpc) is 3.16. The number of carbonyl (C=O) groups is 1. The highest BCUT2D eigenvalue weighted by Gasteiger charge is 2.61. The first-order chi connectivity index (χ1) is 16.1. The molecular weight excluding hydrogens is 414 g/mol. The van der Waals surface area contributed by atoms with Gasteiger partial charge in [0.05, 0.1) is 0 Å². The van der Waals surface area contributed by atoms with E-state index in [1.807, 2.05) is 25.8 Å². The van der Waals surface area contributed by atoms with Crippen LogP contribution in [0.3, 0.4) is 0 Å². The highest BCUT2D eigenvalue weighted by molar-refractivity contribution is 5.79. The molecule has 0 aromatic rings. The Balaban J connectivity index is 0.00000158. The molecule has 1 saturated heterocycles. The van der Waals surface area contributed by atoms with Crippen molar-refractivity contribution >= 4 is 5.91 Å². The van der Waals surface area contributed by atoms with Crippen LogP contribution in [0.1, 0.15) is 126 Å². The number of hydrogen-bond acceptors (Lipinski definition) is 1. The number of carbonyl (C=O) groups excluding carboxylic acids is 1. The zero-order valence-electron chi connectivity index (χ0n) is 24.3. The van der Waals surface area contributed by atoms with E-state index in [9.17, 15) is 4.79 Å². The first kappa shape index (κ1) is 27.8. The molecule has 3 fully saturated rings. The van der Waals surface area contributed by atoms with Gasteiger partial charge in [0.1, 0.15) is 0 Å². The lowest BCUT2D eigenvalue weighted by Crippen LogP contribution is -2.56. The zero-order valence-corrected chi connectivity index (χ0v) is 24.3. The van der Waals surface area contributed by atoms with Gasteiger partial charge in [-0.1, -0.05) is 87.1 Å². The summed E-state index contributed by atoms with van der Waals surface area (Å²) in [5, 5.41) is 0. The maximum Gasteiger partial charge on any atom is 0.226 e. The number of allylic oxidation sites excluding steroid dienone is 2. The minimum Gasteiger partial charge on any atom is -0.319 e. The largest absolute Gasteiger partial charge is 0.319 e. The van der Waals surface area contributed by atoms with Gasteiger partial charge in [0, 0.05) is 24.6 Å². The Morgan fingerprint density at radius 2 is 1.74 bits per heavy atom. The number of piperidine rings is 1. The van der Waals surface area contributed by atoms with Crippen LogP contribution in [-0.2, 0) is 4.79 Å². The fourth-order valence-electron chi connectivity index (χ4n) is 9.34. The molecule has 1 heterocycles. The lowest BCUT2D eigenvalue weighted by Gasteiger charge is -2.61. The molecule has 1 aliphatic heterocycles. The molecule has 0 bridgehead atoms. The first-order valence-electron chi connectivity index (χ1n) is 15.1. The summed E-state index contributed by atoms with van der Waals surface area (Å²) in [5.74, 6) is 6.10. The van der Waals surface area contributed by atoms with Crippen molar-refractivity contribution in [1.82, 2.24) is 4.90 Å². The van der Waals surface area contributed by atoms with Crippen molar-refractivity contribution in [1.29, 1.82) is 0 Å². The summed E-state index contributed by atoms with van der Waals surface area (Å²) in [4.78, 5) is 14.6. The van der Waals surface area contributed by atoms with Gasteiger partial charge in [-0.25, -0.2) is 0 Å². The van der Waals surface area contributed by atoms with E-state index in [0.29, 0.717) is 17.2 Å². The highest BCUT2D eigenvalue weighted by atomic mass is 16.2. The number of amides is 1. The quantitative estimate of drug-likeness (QED) is 0.362. The summed E-state index contributed by atoms with van der Waals surface area (Å²) in [6, 6.07) is 0. The summed E-state index contributed by atoms with van der Waals surface area (Å²) in [5.41, 5.74) is 2.12. The summed E-state index contributed by atoms with van der Waals surface area (Å²) in [6.07, 6.45) is 16.9. The van der Waals surface area contributed by atoms with Gasteiger partial charge >= 0.3 is 0 Å². The van der Waals surface area contributed by atoms with E-state index in [1.165, 1.54) is 63.5 Å². The van der Waals surface area contributed by atoms with Crippen LogP contribution in [0, 0.1) is 52.3 Å². The molecule has 2 nitrogen and oxygen atoms in total. The Hall–Kier alpha value is -0.790. The third-order valence-electron chi connectivity index (χ3n) is 11.0. The third kappa shape index (κ3) is 4.78. The Bertz CT molecular complexity index is 725. The number of likely N-dealkylation sites (tertiary alicyclic amines) is 1. The summed E-state index contributed by atoms with van der Waals surface area (Å²) < 4.78 is 0. The second kappa shape index (κ2) is 11.1. The molecule has 0 spiro atoms. The molecule has 0 aromatic carbocycles. The number of rotatable bonds is 7. The third-order valence-corrected chi connectivity index (χ3v) is 11.0. The smallest absolute Gasteiger partial charge is 0.226 e. The van der Waals surface area contributed by atoms with Gasteiger partial charge in [-0.2, -0.15) is 0 Å². The Morgan fingerprint density at radius 3 is 2.38 bits per heavy atom. The summed E-state index contributed by atoms with van der Waals surface area (Å²) in [6.45, 7) is 18.9. The van der Waals surface area contributed by atoms with Crippen LogP contribution in [0.2, 0.25) is 0 Å². The van der Waals surface area contributed by atoms with E-state index in [4.69, 9.17) is 0 Å². The second-order valence-corrected chi connectivity index (χ2v) is 13.2. The molecule has 3 aliphatic carbocycles. The summed E-state index contributed by atoms with van der Waals surface area (Å²) >= 11 is 0. The zero-order chi connectivity index (χ0) is 25.3. The predicted molar refractivity (Wildman–Crippen MR) is 146 cm³/mol. The molecule has 0 N–H and O–H groups in total. The molecule has 0 radical (unpaired) electrons. The molecule has 6 unspecified atom stereocenters. The number of nitrogens with zero attached hydrogens (tertiary/aromatic N) is 1. The SMILES string of the molecule is CC.CCC[C@H]1C=C2N(C)C(=O)CCC2(C)C2CC[C@]3(C)C(C(C)CCCC(C)C)CCC3C21. The van der Waals surface area contributed by atoms with Crippen molar-refractivity contribution < 1.29 is 4.79 Å². The molecule has 1 amide bonds. The predicted octanol–water partition coefficient (Wildman–Crippen LogP) is 9.11. The van der Waals surface area contributed by atoms with Gasteiger partial charge in [-0.05, 0) is 85.4 Å². The van der Waals surface area contributed by atoms with Crippen LogP contribution in [0.4, 0.5) is 0 Å². The molecule has 2 heteroatoms. The van der Waals surface area contributed by atoms with E-state index < -0.39 is 0 Å². The monoisotopic (exact) mass is 471 g/mol. The molecular formula is C32H57NO. The second-order valence-electron chi connectivity index (χ2n) is 13.2. The van der Waals surface area contributed by atoms with Gasteiger partial charge in [0.15, 0.2) is 0 Å². The molecule has 4 aliphatic rings. The molecule has 196 valence electrons. The van der Waals surface area contributed by atoms with E-state index >= 15 is 0 Å². The summed E-state index contributed by atoms with van der Waals surface area (Å²) in [7, 11) is 2.05. The van der Waals surface area contributed by atoms with Crippen molar-refractivity contribution in [2.24, 2.45) is 52.3 Å². The standard InChI is InChI=1S/C30H51NO.C2H6/c1-8-10-22-19-26-30(6,18-16-27(32)31(26)7)25-15-17-29(5)23(13-14-24(29)28(22)25)21(4)12-9-11-20(2)3;1-2/h19-25,28H,8-18H2,1-7H3;1-2H3/t21?,22-,23?,24?,25?,28?,29+,30?;/m0./s1. The van der Waals surface area contributed by atoms with Crippen LogP contribution < -0.4 is 0 Å². The molecule has 34 heavy (non-hydrogen) atoms.